The normalized spacial score (nSPS) is 16.7. The molecule has 0 aromatic heterocycles. The second kappa shape index (κ2) is 9.70. The Morgan fingerprint density at radius 3 is 2.23 bits per heavy atom. The molecule has 1 heterocycles. The summed E-state index contributed by atoms with van der Waals surface area (Å²) in [5, 5.41) is -0.220. The van der Waals surface area contributed by atoms with Crippen LogP contribution in [0.3, 0.4) is 0 Å². The molecule has 1 N–H and O–H groups in total. The molecular formula is C28H32N2O3S2. The van der Waals surface area contributed by atoms with Crippen molar-refractivity contribution in [1.82, 2.24) is 0 Å². The number of nitrogens with zero attached hydrogens (tertiary/aromatic N) is 1. The maximum atomic E-state index is 13.0. The van der Waals surface area contributed by atoms with E-state index < -0.39 is 10.0 Å². The van der Waals surface area contributed by atoms with E-state index >= 15 is 0 Å². The zero-order chi connectivity index (χ0) is 25.4. The summed E-state index contributed by atoms with van der Waals surface area (Å²) in [6, 6.07) is 22.4. The molecule has 3 aromatic carbocycles. The molecule has 0 saturated carbocycles. The van der Waals surface area contributed by atoms with Crippen LogP contribution in [0.1, 0.15) is 62.6 Å². The van der Waals surface area contributed by atoms with Gasteiger partial charge in [-0.25, -0.2) is 8.42 Å². The molecule has 0 spiro atoms. The second-order valence-electron chi connectivity index (χ2n) is 10.2. The molecule has 1 atom stereocenters. The van der Waals surface area contributed by atoms with E-state index in [0.717, 1.165) is 16.8 Å². The minimum Gasteiger partial charge on any atom is -0.295 e. The Hall–Kier alpha value is -2.77. The standard InChI is InChI=1S/C28H32N2O3S2/c1-19(2)20-9-13-24(14-10-20)30-26(31)18-34-27(30)21-7-6-8-23(17-21)29-35(32,33)25-15-11-22(12-16-25)28(3,4)5/h6-17,19,27,29H,18H2,1-5H3/t27-/m1/s1. The number of benzene rings is 3. The molecule has 0 radical (unpaired) electrons. The summed E-state index contributed by atoms with van der Waals surface area (Å²) in [5.74, 6) is 0.840. The average molecular weight is 509 g/mol. The van der Waals surface area contributed by atoms with Crippen molar-refractivity contribution in [3.05, 3.63) is 89.5 Å². The first-order chi connectivity index (χ1) is 16.5. The Balaban J connectivity index is 1.57. The first-order valence-corrected chi connectivity index (χ1v) is 14.3. The van der Waals surface area contributed by atoms with E-state index in [4.69, 9.17) is 0 Å². The van der Waals surface area contributed by atoms with E-state index in [2.05, 4.69) is 51.5 Å². The maximum absolute atomic E-state index is 13.0. The Labute approximate surface area is 213 Å². The molecule has 0 unspecified atom stereocenters. The van der Waals surface area contributed by atoms with Crippen LogP contribution in [0.5, 0.6) is 0 Å². The lowest BCUT2D eigenvalue weighted by Crippen LogP contribution is -2.27. The topological polar surface area (TPSA) is 66.5 Å². The summed E-state index contributed by atoms with van der Waals surface area (Å²) in [5.41, 5.74) is 4.43. The van der Waals surface area contributed by atoms with Crippen LogP contribution in [-0.2, 0) is 20.2 Å². The lowest BCUT2D eigenvalue weighted by molar-refractivity contribution is -0.115. The number of carbonyl (C=O) groups excluding carboxylic acids is 1. The zero-order valence-electron chi connectivity index (χ0n) is 20.8. The molecule has 5 nitrogen and oxygen atoms in total. The first kappa shape index (κ1) is 25.3. The number of rotatable bonds is 6. The summed E-state index contributed by atoms with van der Waals surface area (Å²) in [6.07, 6.45) is 0. The fourth-order valence-electron chi connectivity index (χ4n) is 4.07. The Morgan fingerprint density at radius 2 is 1.63 bits per heavy atom. The monoisotopic (exact) mass is 508 g/mol. The number of hydrogen-bond acceptors (Lipinski definition) is 4. The van der Waals surface area contributed by atoms with Gasteiger partial charge in [-0.3, -0.25) is 14.4 Å². The average Bonchev–Trinajstić information content (AvgIpc) is 3.20. The second-order valence-corrected chi connectivity index (χ2v) is 12.9. The smallest absolute Gasteiger partial charge is 0.261 e. The van der Waals surface area contributed by atoms with E-state index in [1.165, 1.54) is 5.56 Å². The molecule has 184 valence electrons. The molecule has 1 aliphatic heterocycles. The number of carbonyl (C=O) groups is 1. The van der Waals surface area contributed by atoms with Crippen LogP contribution in [0, 0.1) is 0 Å². The molecule has 1 fully saturated rings. The summed E-state index contributed by atoms with van der Waals surface area (Å²) in [4.78, 5) is 14.8. The van der Waals surface area contributed by atoms with Crippen LogP contribution in [0.4, 0.5) is 11.4 Å². The van der Waals surface area contributed by atoms with Gasteiger partial charge in [0, 0.05) is 11.4 Å². The highest BCUT2D eigenvalue weighted by Gasteiger charge is 2.34. The number of amides is 1. The molecule has 0 bridgehead atoms. The lowest BCUT2D eigenvalue weighted by atomic mass is 9.87. The summed E-state index contributed by atoms with van der Waals surface area (Å²) >= 11 is 1.54. The number of sulfonamides is 1. The summed E-state index contributed by atoms with van der Waals surface area (Å²) < 4.78 is 28.8. The highest BCUT2D eigenvalue weighted by molar-refractivity contribution is 8.00. The van der Waals surface area contributed by atoms with E-state index in [-0.39, 0.29) is 21.6 Å². The lowest BCUT2D eigenvalue weighted by Gasteiger charge is -2.25. The van der Waals surface area contributed by atoms with Crippen LogP contribution in [0.25, 0.3) is 0 Å². The van der Waals surface area contributed by atoms with Crippen LogP contribution in [-0.4, -0.2) is 20.1 Å². The van der Waals surface area contributed by atoms with Gasteiger partial charge in [-0.1, -0.05) is 71.0 Å². The SMILES string of the molecule is CC(C)c1ccc(N2C(=O)CS[C@@H]2c2cccc(NS(=O)(=O)c3ccc(C(C)(C)C)cc3)c2)cc1. The van der Waals surface area contributed by atoms with E-state index in [1.807, 2.05) is 42.5 Å². The van der Waals surface area contributed by atoms with Crippen LogP contribution in [0.2, 0.25) is 0 Å². The van der Waals surface area contributed by atoms with Gasteiger partial charge in [0.25, 0.3) is 10.0 Å². The van der Waals surface area contributed by atoms with Gasteiger partial charge in [0.05, 0.1) is 10.6 Å². The van der Waals surface area contributed by atoms with Crippen LogP contribution >= 0.6 is 11.8 Å². The highest BCUT2D eigenvalue weighted by atomic mass is 32.2. The van der Waals surface area contributed by atoms with Crippen molar-refractivity contribution >= 4 is 39.1 Å². The number of hydrogen-bond donors (Lipinski definition) is 1. The predicted octanol–water partition coefficient (Wildman–Crippen LogP) is 6.69. The van der Waals surface area contributed by atoms with Gasteiger partial charge in [0.2, 0.25) is 5.91 Å². The van der Waals surface area contributed by atoms with E-state index in [0.29, 0.717) is 17.4 Å². The highest BCUT2D eigenvalue weighted by Crippen LogP contribution is 2.42. The minimum atomic E-state index is -3.74. The van der Waals surface area contributed by atoms with Gasteiger partial charge in [0.1, 0.15) is 5.37 Å². The van der Waals surface area contributed by atoms with Crippen molar-refractivity contribution in [2.45, 2.75) is 56.2 Å². The molecule has 1 amide bonds. The van der Waals surface area contributed by atoms with Gasteiger partial charge in [-0.15, -0.1) is 11.8 Å². The minimum absolute atomic E-state index is 0.0437. The van der Waals surface area contributed by atoms with Crippen molar-refractivity contribution < 1.29 is 13.2 Å². The van der Waals surface area contributed by atoms with Gasteiger partial charge >= 0.3 is 0 Å². The molecule has 1 saturated heterocycles. The molecular weight excluding hydrogens is 476 g/mol. The van der Waals surface area contributed by atoms with Crippen LogP contribution < -0.4 is 9.62 Å². The Kier molecular flexibility index (Phi) is 7.02. The molecule has 0 aliphatic carbocycles. The van der Waals surface area contributed by atoms with Gasteiger partial charge < -0.3 is 0 Å². The fourth-order valence-corrected chi connectivity index (χ4v) is 6.29. The largest absolute Gasteiger partial charge is 0.295 e. The third-order valence-corrected chi connectivity index (χ3v) is 8.77. The molecule has 4 rings (SSSR count). The first-order valence-electron chi connectivity index (χ1n) is 11.7. The van der Waals surface area contributed by atoms with Crippen molar-refractivity contribution in [2.75, 3.05) is 15.4 Å². The maximum Gasteiger partial charge on any atom is 0.261 e. The van der Waals surface area contributed by atoms with Gasteiger partial charge in [0.15, 0.2) is 0 Å². The fraction of sp³-hybridized carbons (Fsp3) is 0.321. The third kappa shape index (κ3) is 5.57. The molecule has 35 heavy (non-hydrogen) atoms. The Bertz CT molecular complexity index is 1310. The third-order valence-electron chi connectivity index (χ3n) is 6.16. The number of nitrogens with one attached hydrogen (secondary N) is 1. The van der Waals surface area contributed by atoms with Crippen molar-refractivity contribution in [2.24, 2.45) is 0 Å². The van der Waals surface area contributed by atoms with Crippen molar-refractivity contribution in [3.8, 4) is 0 Å². The quantitative estimate of drug-likeness (QED) is 0.403. The molecule has 3 aromatic rings. The molecule has 7 heteroatoms. The Morgan fingerprint density at radius 1 is 0.971 bits per heavy atom. The summed E-state index contributed by atoms with van der Waals surface area (Å²) in [7, 11) is -3.74. The zero-order valence-corrected chi connectivity index (χ0v) is 22.4. The predicted molar refractivity (Wildman–Crippen MR) is 146 cm³/mol. The van der Waals surface area contributed by atoms with Gasteiger partial charge in [-0.2, -0.15) is 0 Å². The van der Waals surface area contributed by atoms with Crippen LogP contribution in [0.15, 0.2) is 77.7 Å². The number of anilines is 2. The summed E-state index contributed by atoms with van der Waals surface area (Å²) in [6.45, 7) is 10.6. The van der Waals surface area contributed by atoms with Crippen molar-refractivity contribution in [1.29, 1.82) is 0 Å². The van der Waals surface area contributed by atoms with Gasteiger partial charge in [-0.05, 0) is 64.4 Å². The van der Waals surface area contributed by atoms with Crippen molar-refractivity contribution in [3.63, 3.8) is 0 Å². The number of thioether (sulfide) groups is 1. The molecule has 1 aliphatic rings. The van der Waals surface area contributed by atoms with E-state index in [1.54, 1.807) is 34.9 Å². The van der Waals surface area contributed by atoms with E-state index in [9.17, 15) is 13.2 Å².